The van der Waals surface area contributed by atoms with Crippen LogP contribution in [0.15, 0.2) is 78.9 Å². The summed E-state index contributed by atoms with van der Waals surface area (Å²) < 4.78 is 4.80. The molecule has 0 saturated heterocycles. The van der Waals surface area contributed by atoms with Crippen molar-refractivity contribution in [2.45, 2.75) is 10.4 Å². The summed E-state index contributed by atoms with van der Waals surface area (Å²) in [7, 11) is 26.5. The summed E-state index contributed by atoms with van der Waals surface area (Å²) in [5.74, 6) is -1.39. The van der Waals surface area contributed by atoms with Gasteiger partial charge < -0.3 is 4.74 Å². The number of hydrogen-bond donors (Lipinski definition) is 0. The van der Waals surface area contributed by atoms with Crippen molar-refractivity contribution in [3.63, 3.8) is 0 Å². The van der Waals surface area contributed by atoms with Crippen LogP contribution in [0.25, 0.3) is 23.1 Å². The maximum absolute atomic E-state index is 13.5. The molecular weight excluding hydrogens is 477 g/mol. The van der Waals surface area contributed by atoms with Gasteiger partial charge in [0.25, 0.3) is 0 Å². The van der Waals surface area contributed by atoms with Crippen LogP contribution in [0.1, 0.15) is 37.5 Å². The van der Waals surface area contributed by atoms with E-state index >= 15 is 0 Å². The summed E-state index contributed by atoms with van der Waals surface area (Å²) in [6, 6.07) is 22.2. The zero-order chi connectivity index (χ0) is 26.8. The van der Waals surface area contributed by atoms with Crippen molar-refractivity contribution in [2.24, 2.45) is 0 Å². The molecule has 172 valence electrons. The van der Waals surface area contributed by atoms with Crippen LogP contribution in [0, 0.1) is 0 Å². The first-order valence-electron chi connectivity index (χ1n) is 11.3. The van der Waals surface area contributed by atoms with Gasteiger partial charge in [0.2, 0.25) is 0 Å². The fourth-order valence-corrected chi connectivity index (χ4v) is 4.11. The first-order chi connectivity index (χ1) is 17.5. The van der Waals surface area contributed by atoms with Gasteiger partial charge >= 0.3 is 5.97 Å². The molecule has 1 aromatic heterocycles. The Labute approximate surface area is 226 Å². The maximum atomic E-state index is 13.5. The average Bonchev–Trinajstić information content (AvgIpc) is 2.90. The van der Waals surface area contributed by atoms with Gasteiger partial charge in [-0.25, -0.2) is 9.78 Å². The minimum atomic E-state index is -2.27. The van der Waals surface area contributed by atoms with Crippen molar-refractivity contribution < 1.29 is 14.3 Å². The number of fused-ring (bicyclic) bond motifs is 1. The van der Waals surface area contributed by atoms with Crippen LogP contribution in [-0.4, -0.2) is 55.2 Å². The number of benzene rings is 3. The Bertz CT molecular complexity index is 1540. The van der Waals surface area contributed by atoms with Crippen LogP contribution >= 0.6 is 11.6 Å². The van der Waals surface area contributed by atoms with E-state index in [1.165, 1.54) is 19.2 Å². The van der Waals surface area contributed by atoms with Gasteiger partial charge in [0.15, 0.2) is 5.78 Å². The number of nitrogens with zero attached hydrogens (tertiary/aromatic N) is 1. The van der Waals surface area contributed by atoms with E-state index in [1.807, 2.05) is 36.4 Å². The number of pyridine rings is 1. The molecule has 0 spiro atoms. The molecule has 0 atom stereocenters. The van der Waals surface area contributed by atoms with Crippen molar-refractivity contribution in [3.8, 4) is 0 Å². The van der Waals surface area contributed by atoms with Crippen molar-refractivity contribution >= 4 is 77.8 Å². The Kier molecular flexibility index (Phi) is 7.52. The van der Waals surface area contributed by atoms with E-state index in [9.17, 15) is 9.59 Å². The SMILES string of the molecule is [B]C([B])(C(=O)c1cccc(/C=C/c2ccc3ccc(Cl)cc3n2)c1)C([B])([B])c1ccccc1C(=O)OC. The number of halogens is 1. The Morgan fingerprint density at radius 1 is 0.892 bits per heavy atom. The monoisotopic (exact) mass is 495 g/mol. The fraction of sp³-hybridized carbons (Fsp3) is 0.107. The van der Waals surface area contributed by atoms with Gasteiger partial charge in [0.05, 0.1) is 55.3 Å². The number of Topliss-reactive ketones (excluding diaryl/α,β-unsaturated/α-hetero) is 1. The fourth-order valence-electron chi connectivity index (χ4n) is 3.95. The number of rotatable bonds is 7. The second kappa shape index (κ2) is 10.5. The van der Waals surface area contributed by atoms with E-state index in [4.69, 9.17) is 47.7 Å². The molecule has 0 saturated carbocycles. The van der Waals surface area contributed by atoms with E-state index in [1.54, 1.807) is 42.5 Å². The van der Waals surface area contributed by atoms with E-state index in [-0.39, 0.29) is 16.7 Å². The number of carbonyl (C=O) groups excluding carboxylic acids is 2. The zero-order valence-electron chi connectivity index (χ0n) is 20.0. The van der Waals surface area contributed by atoms with E-state index in [2.05, 4.69) is 4.98 Å². The molecule has 0 aliphatic carbocycles. The summed E-state index contributed by atoms with van der Waals surface area (Å²) in [5.41, 5.74) is 2.51. The van der Waals surface area contributed by atoms with Crippen LogP contribution in [0.2, 0.25) is 10.2 Å². The molecule has 0 fully saturated rings. The minimum absolute atomic E-state index is 0.0592. The molecule has 0 N–H and O–H groups in total. The topological polar surface area (TPSA) is 56.3 Å². The second-order valence-corrected chi connectivity index (χ2v) is 9.07. The normalized spacial score (nSPS) is 12.1. The maximum Gasteiger partial charge on any atom is 0.338 e. The molecule has 9 heteroatoms. The molecule has 4 nitrogen and oxygen atoms in total. The molecule has 37 heavy (non-hydrogen) atoms. The largest absolute Gasteiger partial charge is 0.465 e. The smallest absolute Gasteiger partial charge is 0.338 e. The molecule has 0 bridgehead atoms. The third-order valence-corrected chi connectivity index (χ3v) is 6.34. The summed E-state index contributed by atoms with van der Waals surface area (Å²) >= 11 is 6.08. The van der Waals surface area contributed by atoms with Crippen LogP contribution in [-0.2, 0) is 9.95 Å². The van der Waals surface area contributed by atoms with Gasteiger partial charge in [-0.1, -0.05) is 71.4 Å². The van der Waals surface area contributed by atoms with E-state index in [0.717, 1.165) is 10.9 Å². The molecule has 0 amide bonds. The third-order valence-electron chi connectivity index (χ3n) is 6.11. The van der Waals surface area contributed by atoms with Gasteiger partial charge in [-0.2, -0.15) is 0 Å². The number of aromatic nitrogens is 1. The van der Waals surface area contributed by atoms with Crippen molar-refractivity contribution in [3.05, 3.63) is 112 Å². The van der Waals surface area contributed by atoms with Gasteiger partial charge in [-0.3, -0.25) is 4.79 Å². The van der Waals surface area contributed by atoms with Gasteiger partial charge in [0, 0.05) is 16.0 Å². The lowest BCUT2D eigenvalue weighted by Gasteiger charge is -2.44. The highest BCUT2D eigenvalue weighted by Gasteiger charge is 2.43. The minimum Gasteiger partial charge on any atom is -0.465 e. The standard InChI is InChI=1S/C28H18B4ClNO3/c1-37-26(36)22-7-2-3-8-23(22)27(29,30)28(31,32)25(35)19-6-4-5-17(15-19)9-13-21-14-11-18-10-12-20(33)16-24(18)34-21/h2-16H,1H3/b13-9+. The van der Waals surface area contributed by atoms with Gasteiger partial charge in [0.1, 0.15) is 0 Å². The average molecular weight is 495 g/mol. The Morgan fingerprint density at radius 3 is 2.38 bits per heavy atom. The molecule has 1 heterocycles. The lowest BCUT2D eigenvalue weighted by molar-refractivity contribution is 0.0598. The molecule has 4 aromatic rings. The molecular formula is C28H18B4ClNO3. The van der Waals surface area contributed by atoms with Crippen LogP contribution in [0.3, 0.4) is 0 Å². The first-order valence-corrected chi connectivity index (χ1v) is 11.6. The third kappa shape index (κ3) is 5.30. The van der Waals surface area contributed by atoms with Gasteiger partial charge in [-0.05, 0) is 52.7 Å². The molecule has 0 aliphatic rings. The highest BCUT2D eigenvalue weighted by molar-refractivity contribution is 6.63. The van der Waals surface area contributed by atoms with Crippen LogP contribution in [0.5, 0.6) is 0 Å². The predicted molar refractivity (Wildman–Crippen MR) is 152 cm³/mol. The Hall–Kier alpha value is -3.50. The molecule has 8 radical (unpaired) electrons. The van der Waals surface area contributed by atoms with Crippen molar-refractivity contribution in [2.75, 3.05) is 7.11 Å². The number of ketones is 1. The van der Waals surface area contributed by atoms with E-state index < -0.39 is 22.2 Å². The molecule has 0 aliphatic heterocycles. The number of carbonyl (C=O) groups is 2. The first kappa shape index (κ1) is 26.6. The second-order valence-electron chi connectivity index (χ2n) is 8.64. The molecule has 3 aromatic carbocycles. The predicted octanol–water partition coefficient (Wildman–Crippen LogP) is 4.67. The summed E-state index contributed by atoms with van der Waals surface area (Å²) in [6.07, 6.45) is 3.61. The number of methoxy groups -OCH3 is 1. The van der Waals surface area contributed by atoms with Gasteiger partial charge in [-0.15, -0.1) is 0 Å². The van der Waals surface area contributed by atoms with Crippen molar-refractivity contribution in [1.82, 2.24) is 4.98 Å². The number of hydrogen-bond acceptors (Lipinski definition) is 4. The quantitative estimate of drug-likeness (QED) is 0.213. The lowest BCUT2D eigenvalue weighted by atomic mass is 9.26. The van der Waals surface area contributed by atoms with Crippen LogP contribution < -0.4 is 0 Å². The molecule has 4 rings (SSSR count). The number of esters is 1. The summed E-state index contributed by atoms with van der Waals surface area (Å²) in [4.78, 5) is 30.3. The summed E-state index contributed by atoms with van der Waals surface area (Å²) in [5, 5.41) is -2.79. The Balaban J connectivity index is 1.63. The number of ether oxygens (including phenoxy) is 1. The van der Waals surface area contributed by atoms with Crippen molar-refractivity contribution in [1.29, 1.82) is 0 Å². The molecule has 0 unspecified atom stereocenters. The highest BCUT2D eigenvalue weighted by Crippen LogP contribution is 2.42. The lowest BCUT2D eigenvalue weighted by Crippen LogP contribution is -2.48. The van der Waals surface area contributed by atoms with E-state index in [0.29, 0.717) is 16.3 Å². The Morgan fingerprint density at radius 2 is 1.62 bits per heavy atom. The highest BCUT2D eigenvalue weighted by atomic mass is 35.5. The zero-order valence-corrected chi connectivity index (χ0v) is 20.8. The summed E-state index contributed by atoms with van der Waals surface area (Å²) in [6.45, 7) is 0. The van der Waals surface area contributed by atoms with Crippen LogP contribution in [0.4, 0.5) is 0 Å².